The van der Waals surface area contributed by atoms with Crippen LogP contribution in [-0.4, -0.2) is 49.8 Å². The van der Waals surface area contributed by atoms with E-state index in [9.17, 15) is 4.79 Å². The SMILES string of the molecule is COc1cccc([C@@H]2OC(c3ccc(OCCCO)cc3)=N[C@@]23Cc2ccccc2N(C)C3=O)c1. The Morgan fingerprint density at radius 3 is 2.66 bits per heavy atom. The highest BCUT2D eigenvalue weighted by Crippen LogP contribution is 2.47. The van der Waals surface area contributed by atoms with E-state index >= 15 is 0 Å². The van der Waals surface area contributed by atoms with Gasteiger partial charge in [0.2, 0.25) is 5.90 Å². The molecule has 180 valence electrons. The van der Waals surface area contributed by atoms with Crippen LogP contribution < -0.4 is 14.4 Å². The fraction of sp³-hybridized carbons (Fsp3) is 0.286. The van der Waals surface area contributed by atoms with Gasteiger partial charge in [-0.05, 0) is 53.6 Å². The molecule has 3 aromatic carbocycles. The van der Waals surface area contributed by atoms with Gasteiger partial charge in [0.15, 0.2) is 11.6 Å². The van der Waals surface area contributed by atoms with Crippen LogP contribution in [0.5, 0.6) is 11.5 Å². The second-order valence-electron chi connectivity index (χ2n) is 8.74. The van der Waals surface area contributed by atoms with E-state index in [1.807, 2.05) is 72.8 Å². The Morgan fingerprint density at radius 2 is 1.89 bits per heavy atom. The fourth-order valence-corrected chi connectivity index (χ4v) is 4.75. The summed E-state index contributed by atoms with van der Waals surface area (Å²) in [5.74, 6) is 1.70. The van der Waals surface area contributed by atoms with Crippen molar-refractivity contribution in [3.8, 4) is 11.5 Å². The summed E-state index contributed by atoms with van der Waals surface area (Å²) in [6.45, 7) is 0.524. The summed E-state index contributed by atoms with van der Waals surface area (Å²) in [5.41, 5.74) is 2.39. The molecule has 3 aromatic rings. The van der Waals surface area contributed by atoms with Crippen LogP contribution >= 0.6 is 0 Å². The first kappa shape index (κ1) is 22.9. The van der Waals surface area contributed by atoms with Gasteiger partial charge in [0.05, 0.1) is 13.7 Å². The van der Waals surface area contributed by atoms with E-state index in [-0.39, 0.29) is 12.5 Å². The molecule has 0 saturated heterocycles. The summed E-state index contributed by atoms with van der Waals surface area (Å²) in [5, 5.41) is 8.95. The normalized spacial score (nSPS) is 20.9. The highest BCUT2D eigenvalue weighted by molar-refractivity contribution is 6.08. The molecule has 35 heavy (non-hydrogen) atoms. The molecule has 2 aliphatic heterocycles. The molecule has 2 heterocycles. The van der Waals surface area contributed by atoms with Gasteiger partial charge in [-0.2, -0.15) is 0 Å². The van der Waals surface area contributed by atoms with Crippen molar-refractivity contribution in [2.75, 3.05) is 32.3 Å². The highest BCUT2D eigenvalue weighted by Gasteiger charge is 2.56. The minimum atomic E-state index is -1.14. The number of anilines is 1. The molecule has 0 aromatic heterocycles. The van der Waals surface area contributed by atoms with E-state index in [1.165, 1.54) is 0 Å². The van der Waals surface area contributed by atoms with Gasteiger partial charge in [0, 0.05) is 37.7 Å². The van der Waals surface area contributed by atoms with Crippen LogP contribution in [0.25, 0.3) is 0 Å². The first-order valence-electron chi connectivity index (χ1n) is 11.7. The number of rotatable bonds is 7. The van der Waals surface area contributed by atoms with Crippen molar-refractivity contribution < 1.29 is 24.1 Å². The quantitative estimate of drug-likeness (QED) is 0.527. The van der Waals surface area contributed by atoms with Gasteiger partial charge in [0.25, 0.3) is 5.91 Å². The minimum absolute atomic E-state index is 0.0854. The van der Waals surface area contributed by atoms with Crippen LogP contribution in [-0.2, 0) is 16.0 Å². The number of hydrogen-bond donors (Lipinski definition) is 1. The number of aliphatic imine (C=N–C) groups is 1. The number of carbonyl (C=O) groups is 1. The number of aliphatic hydroxyl groups is 1. The fourth-order valence-electron chi connectivity index (χ4n) is 4.75. The van der Waals surface area contributed by atoms with Gasteiger partial charge in [-0.15, -0.1) is 0 Å². The second kappa shape index (κ2) is 9.43. The van der Waals surface area contributed by atoms with Gasteiger partial charge in [-0.1, -0.05) is 30.3 Å². The van der Waals surface area contributed by atoms with E-state index in [0.29, 0.717) is 36.8 Å². The lowest BCUT2D eigenvalue weighted by atomic mass is 9.78. The van der Waals surface area contributed by atoms with E-state index in [0.717, 1.165) is 22.4 Å². The van der Waals surface area contributed by atoms with Crippen LogP contribution in [0, 0.1) is 0 Å². The van der Waals surface area contributed by atoms with Crippen molar-refractivity contribution in [1.29, 1.82) is 0 Å². The van der Waals surface area contributed by atoms with Crippen molar-refractivity contribution in [3.05, 3.63) is 89.5 Å². The highest BCUT2D eigenvalue weighted by atomic mass is 16.5. The molecule has 0 unspecified atom stereocenters. The Hall–Kier alpha value is -3.84. The number of hydrogen-bond acceptors (Lipinski definition) is 6. The molecule has 1 N–H and O–H groups in total. The molecule has 7 heteroatoms. The third-order valence-electron chi connectivity index (χ3n) is 6.52. The van der Waals surface area contributed by atoms with Gasteiger partial charge < -0.3 is 24.2 Å². The Morgan fingerprint density at radius 1 is 1.09 bits per heavy atom. The van der Waals surface area contributed by atoms with Crippen molar-refractivity contribution in [2.45, 2.75) is 24.5 Å². The van der Waals surface area contributed by atoms with Crippen molar-refractivity contribution in [1.82, 2.24) is 0 Å². The van der Waals surface area contributed by atoms with E-state index in [1.54, 1.807) is 19.1 Å². The monoisotopic (exact) mass is 472 g/mol. The number of nitrogens with zero attached hydrogens (tertiary/aromatic N) is 2. The molecular weight excluding hydrogens is 444 g/mol. The molecule has 0 fully saturated rings. The number of amides is 1. The topological polar surface area (TPSA) is 80.6 Å². The number of methoxy groups -OCH3 is 1. The molecular formula is C28H28N2O5. The van der Waals surface area contributed by atoms with E-state index < -0.39 is 11.6 Å². The summed E-state index contributed by atoms with van der Waals surface area (Å²) in [7, 11) is 3.41. The molecule has 7 nitrogen and oxygen atoms in total. The van der Waals surface area contributed by atoms with Crippen LogP contribution in [0.4, 0.5) is 5.69 Å². The number of para-hydroxylation sites is 1. The Bertz CT molecular complexity index is 1260. The van der Waals surface area contributed by atoms with Gasteiger partial charge in [0.1, 0.15) is 11.5 Å². The Labute approximate surface area is 204 Å². The van der Waals surface area contributed by atoms with E-state index in [4.69, 9.17) is 24.3 Å². The maximum Gasteiger partial charge on any atom is 0.259 e. The molecule has 5 rings (SSSR count). The van der Waals surface area contributed by atoms with Crippen molar-refractivity contribution in [3.63, 3.8) is 0 Å². The van der Waals surface area contributed by atoms with E-state index in [2.05, 4.69) is 0 Å². The molecule has 0 radical (unpaired) electrons. The maximum absolute atomic E-state index is 13.9. The first-order valence-corrected chi connectivity index (χ1v) is 11.7. The zero-order chi connectivity index (χ0) is 24.4. The zero-order valence-electron chi connectivity index (χ0n) is 19.8. The Kier molecular flexibility index (Phi) is 6.17. The molecule has 2 atom stereocenters. The number of benzene rings is 3. The summed E-state index contributed by atoms with van der Waals surface area (Å²) < 4.78 is 17.6. The molecule has 0 aliphatic carbocycles. The smallest absolute Gasteiger partial charge is 0.259 e. The van der Waals surface area contributed by atoms with Crippen LogP contribution in [0.15, 0.2) is 77.8 Å². The number of carbonyl (C=O) groups excluding carboxylic acids is 1. The number of ether oxygens (including phenoxy) is 3. The predicted molar refractivity (Wildman–Crippen MR) is 133 cm³/mol. The van der Waals surface area contributed by atoms with Gasteiger partial charge in [-0.25, -0.2) is 4.99 Å². The number of fused-ring (bicyclic) bond motifs is 1. The molecule has 2 aliphatic rings. The molecule has 1 spiro atoms. The third-order valence-corrected chi connectivity index (χ3v) is 6.52. The molecule has 0 saturated carbocycles. The average Bonchev–Trinajstić information content (AvgIpc) is 3.28. The zero-order valence-corrected chi connectivity index (χ0v) is 19.8. The number of aliphatic hydroxyl groups excluding tert-OH is 1. The third kappa shape index (κ3) is 4.12. The maximum atomic E-state index is 13.9. The average molecular weight is 473 g/mol. The standard InChI is InChI=1S/C28H28N2O5/c1-30-24-10-4-3-7-21(24)18-28(27(30)32)25(20-8-5-9-23(17-20)33-2)35-26(29-28)19-11-13-22(14-12-19)34-16-6-15-31/h3-5,7-14,17,25,31H,6,15-16,18H2,1-2H3/t25-,28-/m0/s1. The van der Waals surface area contributed by atoms with Crippen LogP contribution in [0.3, 0.4) is 0 Å². The van der Waals surface area contributed by atoms with Crippen molar-refractivity contribution >= 4 is 17.5 Å². The number of likely N-dealkylation sites (N-methyl/N-ethyl adjacent to an activating group) is 1. The summed E-state index contributed by atoms with van der Waals surface area (Å²) in [4.78, 5) is 20.6. The van der Waals surface area contributed by atoms with Crippen LogP contribution in [0.2, 0.25) is 0 Å². The summed E-state index contributed by atoms with van der Waals surface area (Å²) in [6.07, 6.45) is 0.385. The lowest BCUT2D eigenvalue weighted by Crippen LogP contribution is -2.53. The lowest BCUT2D eigenvalue weighted by Gasteiger charge is -2.39. The molecule has 1 amide bonds. The summed E-state index contributed by atoms with van der Waals surface area (Å²) in [6, 6.07) is 22.9. The van der Waals surface area contributed by atoms with Crippen LogP contribution in [0.1, 0.15) is 29.2 Å². The second-order valence-corrected chi connectivity index (χ2v) is 8.74. The Balaban J connectivity index is 1.56. The summed E-state index contributed by atoms with van der Waals surface area (Å²) >= 11 is 0. The first-order chi connectivity index (χ1) is 17.1. The molecule has 0 bridgehead atoms. The minimum Gasteiger partial charge on any atom is -0.497 e. The van der Waals surface area contributed by atoms with Crippen molar-refractivity contribution in [2.24, 2.45) is 4.99 Å². The predicted octanol–water partition coefficient (Wildman–Crippen LogP) is 3.93. The lowest BCUT2D eigenvalue weighted by molar-refractivity contribution is -0.126. The largest absolute Gasteiger partial charge is 0.497 e. The van der Waals surface area contributed by atoms with Gasteiger partial charge >= 0.3 is 0 Å². The van der Waals surface area contributed by atoms with Gasteiger partial charge in [-0.3, -0.25) is 4.79 Å².